The van der Waals surface area contributed by atoms with Gasteiger partial charge in [0, 0.05) is 42.9 Å². The molecule has 134 valence electrons. The minimum atomic E-state index is 0.110. The number of hydrogen-bond acceptors (Lipinski definition) is 6. The van der Waals surface area contributed by atoms with Crippen LogP contribution in [0.2, 0.25) is 0 Å². The molecular formula is C18H26N6O. The Kier molecular flexibility index (Phi) is 4.94. The molecule has 1 unspecified atom stereocenters. The van der Waals surface area contributed by atoms with Crippen molar-refractivity contribution in [2.45, 2.75) is 56.5 Å². The summed E-state index contributed by atoms with van der Waals surface area (Å²) in [7, 11) is 0. The average molecular weight is 342 g/mol. The predicted molar refractivity (Wildman–Crippen MR) is 95.9 cm³/mol. The van der Waals surface area contributed by atoms with E-state index in [4.69, 9.17) is 15.5 Å². The molecule has 3 heterocycles. The number of ether oxygens (including phenoxy) is 1. The highest BCUT2D eigenvalue weighted by Gasteiger charge is 2.25. The summed E-state index contributed by atoms with van der Waals surface area (Å²) in [6.45, 7) is 1.27. The van der Waals surface area contributed by atoms with Crippen LogP contribution in [0.5, 0.6) is 0 Å². The van der Waals surface area contributed by atoms with Crippen molar-refractivity contribution in [2.24, 2.45) is 5.73 Å². The van der Waals surface area contributed by atoms with E-state index in [0.717, 1.165) is 36.9 Å². The molecule has 1 saturated carbocycles. The van der Waals surface area contributed by atoms with Gasteiger partial charge in [-0.3, -0.25) is 5.10 Å². The fraction of sp³-hybridized carbons (Fsp3) is 0.611. The van der Waals surface area contributed by atoms with Crippen molar-refractivity contribution < 1.29 is 4.74 Å². The van der Waals surface area contributed by atoms with Crippen LogP contribution in [0.3, 0.4) is 0 Å². The third kappa shape index (κ3) is 3.82. The summed E-state index contributed by atoms with van der Waals surface area (Å²) in [5.74, 6) is 3.39. The molecule has 2 aromatic heterocycles. The van der Waals surface area contributed by atoms with Crippen LogP contribution in [0.25, 0.3) is 0 Å². The van der Waals surface area contributed by atoms with Gasteiger partial charge < -0.3 is 15.8 Å². The number of rotatable bonds is 5. The van der Waals surface area contributed by atoms with Crippen molar-refractivity contribution in [3.63, 3.8) is 0 Å². The SMILES string of the molecule is NC[C@H]1CC(c2nccc(Nc3cc(C4CCCC4)[nH]n3)n2)CCO1. The molecular weight excluding hydrogens is 316 g/mol. The standard InChI is InChI=1S/C18H26N6O/c19-11-14-9-13(6-8-25-14)18-20-7-5-16(22-18)21-17-10-15(23-24-17)12-3-1-2-4-12/h5,7,10,12-14H,1-4,6,8-9,11,19H2,(H2,20,21,22,23,24)/t13?,14-/m1/s1. The number of anilines is 2. The Balaban J connectivity index is 1.44. The van der Waals surface area contributed by atoms with Crippen LogP contribution in [0.1, 0.15) is 61.9 Å². The quantitative estimate of drug-likeness (QED) is 0.772. The van der Waals surface area contributed by atoms with Crippen molar-refractivity contribution in [1.29, 1.82) is 0 Å². The summed E-state index contributed by atoms with van der Waals surface area (Å²) in [6.07, 6.45) is 8.88. The minimum Gasteiger partial charge on any atom is -0.377 e. The van der Waals surface area contributed by atoms with E-state index in [2.05, 4.69) is 26.6 Å². The van der Waals surface area contributed by atoms with Crippen LogP contribution in [-0.2, 0) is 4.74 Å². The van der Waals surface area contributed by atoms with E-state index in [1.54, 1.807) is 0 Å². The summed E-state index contributed by atoms with van der Waals surface area (Å²) in [4.78, 5) is 9.16. The normalized spacial score (nSPS) is 24.5. The largest absolute Gasteiger partial charge is 0.377 e. The molecule has 4 rings (SSSR count). The van der Waals surface area contributed by atoms with Gasteiger partial charge >= 0.3 is 0 Å². The van der Waals surface area contributed by atoms with E-state index in [1.807, 2.05) is 12.3 Å². The zero-order valence-electron chi connectivity index (χ0n) is 14.4. The Morgan fingerprint density at radius 3 is 2.92 bits per heavy atom. The van der Waals surface area contributed by atoms with Gasteiger partial charge in [0.15, 0.2) is 5.82 Å². The van der Waals surface area contributed by atoms with E-state index in [-0.39, 0.29) is 6.10 Å². The zero-order chi connectivity index (χ0) is 17.1. The van der Waals surface area contributed by atoms with Gasteiger partial charge in [-0.1, -0.05) is 12.8 Å². The van der Waals surface area contributed by atoms with Crippen LogP contribution in [-0.4, -0.2) is 39.4 Å². The Morgan fingerprint density at radius 2 is 2.08 bits per heavy atom. The molecule has 0 amide bonds. The van der Waals surface area contributed by atoms with Gasteiger partial charge in [-0.15, -0.1) is 0 Å². The number of aromatic amines is 1. The molecule has 2 fully saturated rings. The molecule has 1 aliphatic heterocycles. The monoisotopic (exact) mass is 342 g/mol. The molecule has 0 radical (unpaired) electrons. The number of aromatic nitrogens is 4. The first kappa shape index (κ1) is 16.5. The van der Waals surface area contributed by atoms with E-state index < -0.39 is 0 Å². The lowest BCUT2D eigenvalue weighted by Crippen LogP contribution is -2.31. The molecule has 2 atom stereocenters. The van der Waals surface area contributed by atoms with Gasteiger partial charge in [0.05, 0.1) is 6.10 Å². The lowest BCUT2D eigenvalue weighted by molar-refractivity contribution is 0.0112. The van der Waals surface area contributed by atoms with E-state index >= 15 is 0 Å². The van der Waals surface area contributed by atoms with Crippen LogP contribution in [0.15, 0.2) is 18.3 Å². The third-order valence-corrected chi connectivity index (χ3v) is 5.32. The molecule has 1 saturated heterocycles. The highest BCUT2D eigenvalue weighted by molar-refractivity contribution is 5.51. The fourth-order valence-corrected chi connectivity index (χ4v) is 3.90. The van der Waals surface area contributed by atoms with Gasteiger partial charge in [-0.2, -0.15) is 5.10 Å². The van der Waals surface area contributed by atoms with E-state index in [1.165, 1.54) is 31.4 Å². The van der Waals surface area contributed by atoms with Crippen LogP contribution in [0, 0.1) is 0 Å². The maximum atomic E-state index is 5.74. The first-order chi connectivity index (χ1) is 12.3. The summed E-state index contributed by atoms with van der Waals surface area (Å²) >= 11 is 0. The Labute approximate surface area is 147 Å². The second-order valence-electron chi connectivity index (χ2n) is 7.06. The van der Waals surface area contributed by atoms with Gasteiger partial charge in [-0.25, -0.2) is 9.97 Å². The Bertz CT molecular complexity index is 696. The topological polar surface area (TPSA) is 102 Å². The van der Waals surface area contributed by atoms with Crippen LogP contribution in [0.4, 0.5) is 11.6 Å². The number of nitrogens with one attached hydrogen (secondary N) is 2. The first-order valence-electron chi connectivity index (χ1n) is 9.29. The molecule has 0 bridgehead atoms. The number of H-pyrrole nitrogens is 1. The fourth-order valence-electron chi connectivity index (χ4n) is 3.90. The molecule has 2 aromatic rings. The van der Waals surface area contributed by atoms with Crippen molar-refractivity contribution in [2.75, 3.05) is 18.5 Å². The Hall–Kier alpha value is -1.99. The van der Waals surface area contributed by atoms with Gasteiger partial charge in [-0.05, 0) is 31.7 Å². The van der Waals surface area contributed by atoms with E-state index in [0.29, 0.717) is 18.4 Å². The second-order valence-corrected chi connectivity index (χ2v) is 7.06. The molecule has 0 aromatic carbocycles. The molecule has 25 heavy (non-hydrogen) atoms. The highest BCUT2D eigenvalue weighted by atomic mass is 16.5. The molecule has 0 spiro atoms. The lowest BCUT2D eigenvalue weighted by Gasteiger charge is -2.27. The summed E-state index contributed by atoms with van der Waals surface area (Å²) in [5, 5.41) is 10.9. The first-order valence-corrected chi connectivity index (χ1v) is 9.29. The van der Waals surface area contributed by atoms with Crippen molar-refractivity contribution in [1.82, 2.24) is 20.2 Å². The minimum absolute atomic E-state index is 0.110. The summed E-state index contributed by atoms with van der Waals surface area (Å²) in [5.41, 5.74) is 6.97. The third-order valence-electron chi connectivity index (χ3n) is 5.32. The smallest absolute Gasteiger partial charge is 0.153 e. The maximum absolute atomic E-state index is 5.74. The average Bonchev–Trinajstić information content (AvgIpc) is 3.34. The number of nitrogens with zero attached hydrogens (tertiary/aromatic N) is 3. The summed E-state index contributed by atoms with van der Waals surface area (Å²) in [6, 6.07) is 3.99. The van der Waals surface area contributed by atoms with Gasteiger partial charge in [0.1, 0.15) is 11.6 Å². The van der Waals surface area contributed by atoms with Gasteiger partial charge in [0.2, 0.25) is 0 Å². The van der Waals surface area contributed by atoms with Crippen molar-refractivity contribution in [3.8, 4) is 0 Å². The Morgan fingerprint density at radius 1 is 1.20 bits per heavy atom. The molecule has 1 aliphatic carbocycles. The van der Waals surface area contributed by atoms with Crippen molar-refractivity contribution in [3.05, 3.63) is 29.8 Å². The van der Waals surface area contributed by atoms with Gasteiger partial charge in [0.25, 0.3) is 0 Å². The molecule has 2 aliphatic rings. The van der Waals surface area contributed by atoms with Crippen LogP contribution < -0.4 is 11.1 Å². The molecule has 7 heteroatoms. The lowest BCUT2D eigenvalue weighted by atomic mass is 9.94. The maximum Gasteiger partial charge on any atom is 0.153 e. The van der Waals surface area contributed by atoms with E-state index in [9.17, 15) is 0 Å². The molecule has 4 N–H and O–H groups in total. The predicted octanol–water partition coefficient (Wildman–Crippen LogP) is 2.82. The number of nitrogens with two attached hydrogens (primary N) is 1. The zero-order valence-corrected chi connectivity index (χ0v) is 14.4. The van der Waals surface area contributed by atoms with Crippen molar-refractivity contribution >= 4 is 11.6 Å². The second kappa shape index (κ2) is 7.49. The summed E-state index contributed by atoms with van der Waals surface area (Å²) < 4.78 is 5.65. The number of hydrogen-bond donors (Lipinski definition) is 3. The van der Waals surface area contributed by atoms with Crippen LogP contribution >= 0.6 is 0 Å². The molecule has 7 nitrogen and oxygen atoms in total. The highest BCUT2D eigenvalue weighted by Crippen LogP contribution is 2.34.